The number of hydrogen-bond acceptors (Lipinski definition) is 4. The summed E-state index contributed by atoms with van der Waals surface area (Å²) in [5.74, 6) is 1.27. The Kier molecular flexibility index (Phi) is 8.30. The smallest absolute Gasteiger partial charge is 0.252 e. The van der Waals surface area contributed by atoms with Crippen LogP contribution in [0.25, 0.3) is 0 Å². The van der Waals surface area contributed by atoms with Crippen LogP contribution in [0, 0.1) is 12.7 Å². The molecule has 0 aromatic heterocycles. The van der Waals surface area contributed by atoms with Crippen LogP contribution in [0.2, 0.25) is 0 Å². The van der Waals surface area contributed by atoms with Crippen molar-refractivity contribution in [1.82, 2.24) is 10.2 Å². The third-order valence-electron chi connectivity index (χ3n) is 4.89. The van der Waals surface area contributed by atoms with E-state index < -0.39 is 11.7 Å². The Labute approximate surface area is 188 Å². The number of aryl methyl sites for hydroxylation is 1. The van der Waals surface area contributed by atoms with Crippen LogP contribution in [0.3, 0.4) is 0 Å². The number of benzene rings is 2. The predicted molar refractivity (Wildman–Crippen MR) is 123 cm³/mol. The molecule has 2 aromatic carbocycles. The number of amides is 2. The van der Waals surface area contributed by atoms with E-state index in [0.717, 1.165) is 37.0 Å². The molecule has 1 fully saturated rings. The fraction of sp³-hybridized carbons (Fsp3) is 0.364. The van der Waals surface area contributed by atoms with Gasteiger partial charge in [-0.15, -0.1) is 0 Å². The lowest BCUT2D eigenvalue weighted by Crippen LogP contribution is -2.32. The maximum absolute atomic E-state index is 13.3. The van der Waals surface area contributed by atoms with E-state index in [9.17, 15) is 14.0 Å². The van der Waals surface area contributed by atoms with Gasteiger partial charge in [0.15, 0.2) is 0 Å². The van der Waals surface area contributed by atoms with Crippen molar-refractivity contribution in [3.8, 4) is 0 Å². The molecule has 0 bridgehead atoms. The molecule has 160 valence electrons. The minimum absolute atomic E-state index is 0.130. The molecule has 0 aliphatic carbocycles. The van der Waals surface area contributed by atoms with Crippen LogP contribution in [0.15, 0.2) is 40.9 Å². The Morgan fingerprint density at radius 2 is 1.93 bits per heavy atom. The summed E-state index contributed by atoms with van der Waals surface area (Å²) >= 11 is 5.23. The van der Waals surface area contributed by atoms with Gasteiger partial charge in [-0.2, -0.15) is 11.8 Å². The summed E-state index contributed by atoms with van der Waals surface area (Å²) in [4.78, 5) is 26.9. The van der Waals surface area contributed by atoms with Crippen LogP contribution in [-0.2, 0) is 11.3 Å². The van der Waals surface area contributed by atoms with Gasteiger partial charge in [-0.1, -0.05) is 12.1 Å². The molecule has 1 aliphatic heterocycles. The van der Waals surface area contributed by atoms with Crippen molar-refractivity contribution in [3.05, 3.63) is 63.4 Å². The topological polar surface area (TPSA) is 61.4 Å². The molecule has 1 saturated heterocycles. The molecule has 0 atom stereocenters. The van der Waals surface area contributed by atoms with Crippen LogP contribution in [0.5, 0.6) is 0 Å². The molecule has 8 heteroatoms. The highest BCUT2D eigenvalue weighted by atomic mass is 79.9. The Morgan fingerprint density at radius 1 is 1.17 bits per heavy atom. The van der Waals surface area contributed by atoms with Crippen molar-refractivity contribution in [3.63, 3.8) is 0 Å². The molecular weight excluding hydrogens is 469 g/mol. The summed E-state index contributed by atoms with van der Waals surface area (Å²) in [5.41, 5.74) is 3.23. The summed E-state index contributed by atoms with van der Waals surface area (Å²) in [7, 11) is 0. The lowest BCUT2D eigenvalue weighted by Gasteiger charge is -2.26. The van der Waals surface area contributed by atoms with Crippen molar-refractivity contribution >= 4 is 45.2 Å². The Bertz CT molecular complexity index is 919. The molecule has 0 spiro atoms. The minimum atomic E-state index is -0.487. The van der Waals surface area contributed by atoms with Crippen LogP contribution in [-0.4, -0.2) is 47.9 Å². The van der Waals surface area contributed by atoms with Gasteiger partial charge in [-0.3, -0.25) is 14.5 Å². The van der Waals surface area contributed by atoms with Crippen molar-refractivity contribution in [2.45, 2.75) is 19.9 Å². The summed E-state index contributed by atoms with van der Waals surface area (Å²) in [6, 6.07) is 10.0. The lowest BCUT2D eigenvalue weighted by atomic mass is 10.1. The second-order valence-electron chi connectivity index (χ2n) is 7.22. The first-order valence-electron chi connectivity index (χ1n) is 9.85. The highest BCUT2D eigenvalue weighted by Gasteiger charge is 2.13. The number of nitrogens with one attached hydrogen (secondary N) is 2. The zero-order valence-corrected chi connectivity index (χ0v) is 19.2. The number of halogens is 2. The number of hydrogen-bond donors (Lipinski definition) is 2. The first-order chi connectivity index (χ1) is 14.4. The quantitative estimate of drug-likeness (QED) is 0.606. The molecule has 0 radical (unpaired) electrons. The lowest BCUT2D eigenvalue weighted by molar-refractivity contribution is -0.116. The molecule has 2 aromatic rings. The van der Waals surface area contributed by atoms with Crippen LogP contribution >= 0.6 is 27.7 Å². The van der Waals surface area contributed by atoms with Gasteiger partial charge in [0.2, 0.25) is 5.91 Å². The standard InChI is InChI=1S/C22H25BrFN3O2S/c1-15-12-16(14-27-8-10-30-11-9-27)2-5-20(15)26-21(28)6-7-25-22(29)18-13-17(24)3-4-19(18)23/h2-5,12-13H,6-11,14H2,1H3,(H,25,29)(H,26,28). The normalized spacial score (nSPS) is 14.4. The van der Waals surface area contributed by atoms with Gasteiger partial charge in [0.05, 0.1) is 5.56 Å². The first-order valence-corrected chi connectivity index (χ1v) is 11.8. The largest absolute Gasteiger partial charge is 0.351 e. The van der Waals surface area contributed by atoms with Crippen LogP contribution < -0.4 is 10.6 Å². The Morgan fingerprint density at radius 3 is 2.67 bits per heavy atom. The summed E-state index contributed by atoms with van der Waals surface area (Å²) in [6.45, 7) is 5.30. The number of nitrogens with zero attached hydrogens (tertiary/aromatic N) is 1. The molecule has 0 unspecified atom stereocenters. The van der Waals surface area contributed by atoms with E-state index in [2.05, 4.69) is 37.5 Å². The third-order valence-corrected chi connectivity index (χ3v) is 6.52. The van der Waals surface area contributed by atoms with Gasteiger partial charge in [0.1, 0.15) is 5.82 Å². The van der Waals surface area contributed by atoms with Crippen molar-refractivity contribution in [1.29, 1.82) is 0 Å². The average Bonchev–Trinajstić information content (AvgIpc) is 2.72. The van der Waals surface area contributed by atoms with E-state index in [0.29, 0.717) is 4.47 Å². The SMILES string of the molecule is Cc1cc(CN2CCSCC2)ccc1NC(=O)CCNC(=O)c1cc(F)ccc1Br. The van der Waals surface area contributed by atoms with E-state index in [1.807, 2.05) is 30.8 Å². The second-order valence-corrected chi connectivity index (χ2v) is 9.30. The summed E-state index contributed by atoms with van der Waals surface area (Å²) in [5, 5.41) is 5.55. The fourth-order valence-corrected chi connectivity index (χ4v) is 4.66. The van der Waals surface area contributed by atoms with Crippen LogP contribution in [0.1, 0.15) is 27.9 Å². The van der Waals surface area contributed by atoms with Crippen molar-refractivity contribution in [2.75, 3.05) is 36.5 Å². The summed E-state index contributed by atoms with van der Waals surface area (Å²) in [6.07, 6.45) is 0.130. The number of carbonyl (C=O) groups excluding carboxylic acids is 2. The second kappa shape index (κ2) is 10.9. The monoisotopic (exact) mass is 493 g/mol. The Balaban J connectivity index is 1.47. The molecule has 3 rings (SSSR count). The van der Waals surface area contributed by atoms with E-state index in [1.165, 1.54) is 29.2 Å². The van der Waals surface area contributed by atoms with Gasteiger partial charge in [-0.25, -0.2) is 4.39 Å². The maximum Gasteiger partial charge on any atom is 0.252 e. The minimum Gasteiger partial charge on any atom is -0.351 e. The highest BCUT2D eigenvalue weighted by Crippen LogP contribution is 2.20. The van der Waals surface area contributed by atoms with Gasteiger partial charge < -0.3 is 10.6 Å². The predicted octanol–water partition coefficient (Wildman–Crippen LogP) is 4.20. The number of carbonyl (C=O) groups is 2. The fourth-order valence-electron chi connectivity index (χ4n) is 3.25. The van der Waals surface area contributed by atoms with E-state index in [1.54, 1.807) is 0 Å². The van der Waals surface area contributed by atoms with Gasteiger partial charge in [0.25, 0.3) is 5.91 Å². The summed E-state index contributed by atoms with van der Waals surface area (Å²) < 4.78 is 13.8. The molecule has 1 aliphatic rings. The Hall–Kier alpha value is -1.90. The number of rotatable bonds is 7. The van der Waals surface area contributed by atoms with Gasteiger partial charge in [0, 0.05) is 54.3 Å². The molecular formula is C22H25BrFN3O2S. The third kappa shape index (κ3) is 6.55. The van der Waals surface area contributed by atoms with E-state index in [4.69, 9.17) is 0 Å². The highest BCUT2D eigenvalue weighted by molar-refractivity contribution is 9.10. The maximum atomic E-state index is 13.3. The van der Waals surface area contributed by atoms with Crippen LogP contribution in [0.4, 0.5) is 10.1 Å². The molecule has 2 N–H and O–H groups in total. The van der Waals surface area contributed by atoms with E-state index >= 15 is 0 Å². The average molecular weight is 494 g/mol. The van der Waals surface area contributed by atoms with E-state index in [-0.39, 0.29) is 24.4 Å². The first kappa shape index (κ1) is 22.8. The molecule has 1 heterocycles. The molecule has 30 heavy (non-hydrogen) atoms. The van der Waals surface area contributed by atoms with Crippen molar-refractivity contribution in [2.24, 2.45) is 0 Å². The number of thioether (sulfide) groups is 1. The zero-order valence-electron chi connectivity index (χ0n) is 16.8. The number of anilines is 1. The van der Waals surface area contributed by atoms with Crippen molar-refractivity contribution < 1.29 is 14.0 Å². The zero-order chi connectivity index (χ0) is 21.5. The molecule has 0 saturated carbocycles. The van der Waals surface area contributed by atoms with Gasteiger partial charge >= 0.3 is 0 Å². The van der Waals surface area contributed by atoms with Gasteiger partial charge in [-0.05, 0) is 58.2 Å². The molecule has 5 nitrogen and oxygen atoms in total. The molecule has 2 amide bonds.